The third-order valence-electron chi connectivity index (χ3n) is 3.82. The van der Waals surface area contributed by atoms with E-state index in [1.807, 2.05) is 45.0 Å². The first kappa shape index (κ1) is 18.0. The van der Waals surface area contributed by atoms with Crippen LogP contribution >= 0.6 is 0 Å². The van der Waals surface area contributed by atoms with Crippen LogP contribution in [0.25, 0.3) is 0 Å². The predicted molar refractivity (Wildman–Crippen MR) is 90.9 cm³/mol. The van der Waals surface area contributed by atoms with Gasteiger partial charge in [0.05, 0.1) is 13.2 Å². The SMILES string of the molecule is CCC(NC(=O)CCc1nc(C(C)C)no1)c1ccccc1OC. The molecule has 1 atom stereocenters. The second kappa shape index (κ2) is 8.47. The zero-order valence-corrected chi connectivity index (χ0v) is 14.7. The number of rotatable bonds is 8. The molecule has 1 heterocycles. The van der Waals surface area contributed by atoms with Gasteiger partial charge in [-0.25, -0.2) is 0 Å². The van der Waals surface area contributed by atoms with Crippen LogP contribution in [-0.4, -0.2) is 23.2 Å². The van der Waals surface area contributed by atoms with E-state index < -0.39 is 0 Å². The maximum absolute atomic E-state index is 12.3. The van der Waals surface area contributed by atoms with Gasteiger partial charge in [0, 0.05) is 24.3 Å². The molecular weight excluding hydrogens is 306 g/mol. The topological polar surface area (TPSA) is 77.3 Å². The summed E-state index contributed by atoms with van der Waals surface area (Å²) in [5.74, 6) is 2.12. The Morgan fingerprint density at radius 1 is 1.33 bits per heavy atom. The van der Waals surface area contributed by atoms with E-state index in [2.05, 4.69) is 15.5 Å². The molecule has 6 heteroatoms. The van der Waals surface area contributed by atoms with Crippen LogP contribution in [0.15, 0.2) is 28.8 Å². The van der Waals surface area contributed by atoms with Crippen LogP contribution in [0.2, 0.25) is 0 Å². The Kier molecular flexibility index (Phi) is 6.35. The highest BCUT2D eigenvalue weighted by Gasteiger charge is 2.17. The molecule has 1 unspecified atom stereocenters. The Morgan fingerprint density at radius 2 is 2.08 bits per heavy atom. The van der Waals surface area contributed by atoms with Crippen LogP contribution in [0.3, 0.4) is 0 Å². The number of nitrogens with one attached hydrogen (secondary N) is 1. The minimum absolute atomic E-state index is 0.0444. The highest BCUT2D eigenvalue weighted by molar-refractivity contribution is 5.76. The maximum atomic E-state index is 12.3. The van der Waals surface area contributed by atoms with Crippen LogP contribution in [0, 0.1) is 0 Å². The summed E-state index contributed by atoms with van der Waals surface area (Å²) in [5, 5.41) is 6.96. The van der Waals surface area contributed by atoms with Crippen molar-refractivity contribution in [2.24, 2.45) is 0 Å². The van der Waals surface area contributed by atoms with E-state index >= 15 is 0 Å². The summed E-state index contributed by atoms with van der Waals surface area (Å²) in [6.45, 7) is 6.03. The Bertz CT molecular complexity index is 667. The molecule has 1 aromatic heterocycles. The molecule has 1 amide bonds. The summed E-state index contributed by atoms with van der Waals surface area (Å²) in [6.07, 6.45) is 1.53. The fourth-order valence-corrected chi connectivity index (χ4v) is 2.45. The first-order valence-electron chi connectivity index (χ1n) is 8.29. The van der Waals surface area contributed by atoms with Crippen molar-refractivity contribution in [3.63, 3.8) is 0 Å². The zero-order chi connectivity index (χ0) is 17.5. The van der Waals surface area contributed by atoms with Crippen molar-refractivity contribution in [1.82, 2.24) is 15.5 Å². The van der Waals surface area contributed by atoms with Gasteiger partial charge in [0.2, 0.25) is 11.8 Å². The smallest absolute Gasteiger partial charge is 0.227 e. The largest absolute Gasteiger partial charge is 0.496 e. The summed E-state index contributed by atoms with van der Waals surface area (Å²) in [4.78, 5) is 16.5. The van der Waals surface area contributed by atoms with Gasteiger partial charge in [-0.3, -0.25) is 4.79 Å². The van der Waals surface area contributed by atoms with Gasteiger partial charge >= 0.3 is 0 Å². The second-order valence-electron chi connectivity index (χ2n) is 5.97. The van der Waals surface area contributed by atoms with Gasteiger partial charge in [0.25, 0.3) is 0 Å². The molecule has 2 rings (SSSR count). The number of aromatic nitrogens is 2. The molecule has 2 aromatic rings. The summed E-state index contributed by atoms with van der Waals surface area (Å²) in [5.41, 5.74) is 0.982. The Balaban J connectivity index is 1.94. The van der Waals surface area contributed by atoms with Crippen molar-refractivity contribution in [2.45, 2.75) is 52.0 Å². The molecule has 130 valence electrons. The fraction of sp³-hybridized carbons (Fsp3) is 0.500. The molecular formula is C18H25N3O3. The molecule has 0 radical (unpaired) electrons. The van der Waals surface area contributed by atoms with Gasteiger partial charge in [0.15, 0.2) is 5.82 Å². The Labute approximate surface area is 142 Å². The molecule has 0 aliphatic heterocycles. The van der Waals surface area contributed by atoms with E-state index in [9.17, 15) is 4.79 Å². The molecule has 0 saturated carbocycles. The average molecular weight is 331 g/mol. The van der Waals surface area contributed by atoms with E-state index in [4.69, 9.17) is 9.26 Å². The molecule has 1 aromatic carbocycles. The monoisotopic (exact) mass is 331 g/mol. The minimum Gasteiger partial charge on any atom is -0.496 e. The fourth-order valence-electron chi connectivity index (χ4n) is 2.45. The molecule has 0 bridgehead atoms. The van der Waals surface area contributed by atoms with Crippen LogP contribution in [0.4, 0.5) is 0 Å². The molecule has 24 heavy (non-hydrogen) atoms. The summed E-state index contributed by atoms with van der Waals surface area (Å²) >= 11 is 0. The third kappa shape index (κ3) is 4.57. The van der Waals surface area contributed by atoms with Crippen molar-refractivity contribution in [1.29, 1.82) is 0 Å². The van der Waals surface area contributed by atoms with E-state index in [0.717, 1.165) is 17.7 Å². The number of carbonyl (C=O) groups is 1. The predicted octanol–water partition coefficient (Wildman–Crippen LogP) is 3.40. The van der Waals surface area contributed by atoms with Crippen molar-refractivity contribution < 1.29 is 14.1 Å². The molecule has 6 nitrogen and oxygen atoms in total. The molecule has 0 fully saturated rings. The molecule has 0 saturated heterocycles. The Morgan fingerprint density at radius 3 is 2.71 bits per heavy atom. The highest BCUT2D eigenvalue weighted by atomic mass is 16.5. The summed E-state index contributed by atoms with van der Waals surface area (Å²) < 4.78 is 10.5. The number of benzene rings is 1. The number of nitrogens with zero attached hydrogens (tertiary/aromatic N) is 2. The van der Waals surface area contributed by atoms with Crippen LogP contribution in [-0.2, 0) is 11.2 Å². The number of amides is 1. The molecule has 1 N–H and O–H groups in total. The number of methoxy groups -OCH3 is 1. The van der Waals surface area contributed by atoms with E-state index in [1.54, 1.807) is 7.11 Å². The highest BCUT2D eigenvalue weighted by Crippen LogP contribution is 2.26. The van der Waals surface area contributed by atoms with Gasteiger partial charge < -0.3 is 14.6 Å². The number of hydrogen-bond acceptors (Lipinski definition) is 5. The molecule has 0 aliphatic rings. The van der Waals surface area contributed by atoms with Gasteiger partial charge in [-0.2, -0.15) is 4.98 Å². The van der Waals surface area contributed by atoms with Crippen LogP contribution in [0.1, 0.15) is 62.9 Å². The summed E-state index contributed by atoms with van der Waals surface area (Å²) in [6, 6.07) is 7.65. The Hall–Kier alpha value is -2.37. The molecule has 0 spiro atoms. The lowest BCUT2D eigenvalue weighted by Crippen LogP contribution is -2.28. The quantitative estimate of drug-likeness (QED) is 0.802. The lowest BCUT2D eigenvalue weighted by Gasteiger charge is -2.19. The van der Waals surface area contributed by atoms with E-state index in [1.165, 1.54) is 0 Å². The molecule has 0 aliphatic carbocycles. The van der Waals surface area contributed by atoms with Gasteiger partial charge in [-0.05, 0) is 12.5 Å². The second-order valence-corrected chi connectivity index (χ2v) is 5.97. The first-order valence-corrected chi connectivity index (χ1v) is 8.29. The van der Waals surface area contributed by atoms with Crippen molar-refractivity contribution in [3.8, 4) is 5.75 Å². The van der Waals surface area contributed by atoms with Gasteiger partial charge in [-0.15, -0.1) is 0 Å². The van der Waals surface area contributed by atoms with Crippen molar-refractivity contribution >= 4 is 5.91 Å². The van der Waals surface area contributed by atoms with Crippen molar-refractivity contribution in [3.05, 3.63) is 41.5 Å². The number of aryl methyl sites for hydroxylation is 1. The number of carbonyl (C=O) groups excluding carboxylic acids is 1. The number of ether oxygens (including phenoxy) is 1. The third-order valence-corrected chi connectivity index (χ3v) is 3.82. The lowest BCUT2D eigenvalue weighted by atomic mass is 10.0. The standard InChI is InChI=1S/C18H25N3O3/c1-5-14(13-8-6-7-9-15(13)23-4)19-16(22)10-11-17-20-18(12(2)3)21-24-17/h6-9,12,14H,5,10-11H2,1-4H3,(H,19,22). The van der Waals surface area contributed by atoms with Crippen LogP contribution < -0.4 is 10.1 Å². The van der Waals surface area contributed by atoms with Gasteiger partial charge in [0.1, 0.15) is 5.75 Å². The lowest BCUT2D eigenvalue weighted by molar-refractivity contribution is -0.121. The van der Waals surface area contributed by atoms with E-state index in [0.29, 0.717) is 24.6 Å². The van der Waals surface area contributed by atoms with E-state index in [-0.39, 0.29) is 17.9 Å². The minimum atomic E-state index is -0.0810. The maximum Gasteiger partial charge on any atom is 0.227 e. The first-order chi connectivity index (χ1) is 11.5. The zero-order valence-electron chi connectivity index (χ0n) is 14.7. The van der Waals surface area contributed by atoms with Crippen LogP contribution in [0.5, 0.6) is 5.75 Å². The number of hydrogen-bond donors (Lipinski definition) is 1. The number of para-hydroxylation sites is 1. The normalized spacial score (nSPS) is 12.2. The average Bonchev–Trinajstić information content (AvgIpc) is 3.07. The van der Waals surface area contributed by atoms with Crippen molar-refractivity contribution in [2.75, 3.05) is 7.11 Å². The van der Waals surface area contributed by atoms with Gasteiger partial charge in [-0.1, -0.05) is 44.1 Å². The summed E-state index contributed by atoms with van der Waals surface area (Å²) in [7, 11) is 1.63.